The van der Waals surface area contributed by atoms with E-state index in [0.29, 0.717) is 54.3 Å². The highest BCUT2D eigenvalue weighted by Gasteiger charge is 2.18. The van der Waals surface area contributed by atoms with Crippen LogP contribution in [-0.2, 0) is 27.5 Å². The van der Waals surface area contributed by atoms with Crippen molar-refractivity contribution in [2.75, 3.05) is 26.1 Å². The minimum atomic E-state index is -0.860. The Kier molecular flexibility index (Phi) is 16.4. The second kappa shape index (κ2) is 22.5. The number of pyridine rings is 2. The van der Waals surface area contributed by atoms with Gasteiger partial charge < -0.3 is 28.9 Å². The van der Waals surface area contributed by atoms with Gasteiger partial charge in [-0.1, -0.05) is 96.4 Å². The average molecular weight is 898 g/mol. The fourth-order valence-corrected chi connectivity index (χ4v) is 7.01. The molecule has 0 atom stereocenters. The Morgan fingerprint density at radius 3 is 1.62 bits per heavy atom. The normalized spacial score (nSPS) is 10.7. The Morgan fingerprint density at radius 1 is 0.662 bits per heavy atom. The monoisotopic (exact) mass is 897 g/mol. The zero-order valence-electron chi connectivity index (χ0n) is 37.1. The zero-order chi connectivity index (χ0) is 46.5. The number of rotatable bonds is 14. The number of anilines is 1. The van der Waals surface area contributed by atoms with Crippen LogP contribution in [-0.4, -0.2) is 62.1 Å². The van der Waals surface area contributed by atoms with E-state index in [2.05, 4.69) is 79.7 Å². The topological polar surface area (TPSA) is 171 Å². The number of carboxylic acid groups (broad SMARTS) is 1. The fraction of sp³-hybridized carbons (Fsp3) is 0.220. The second-order valence-corrected chi connectivity index (χ2v) is 14.9. The fourth-order valence-electron chi connectivity index (χ4n) is 6.91. The summed E-state index contributed by atoms with van der Waals surface area (Å²) in [5.41, 5.74) is 12.4. The van der Waals surface area contributed by atoms with E-state index in [-0.39, 0.29) is 17.4 Å². The van der Waals surface area contributed by atoms with E-state index in [1.54, 1.807) is 20.4 Å². The summed E-state index contributed by atoms with van der Waals surface area (Å²) < 4.78 is 35.5. The molecule has 4 aromatic carbocycles. The summed E-state index contributed by atoms with van der Waals surface area (Å²) in [6.07, 6.45) is 3.06. The largest absolute Gasteiger partial charge is 0.481 e. The van der Waals surface area contributed by atoms with Crippen LogP contribution < -0.4 is 5.32 Å². The number of carboxylic acids is 1. The van der Waals surface area contributed by atoms with Gasteiger partial charge in [0.1, 0.15) is 5.82 Å². The second-order valence-electron chi connectivity index (χ2n) is 14.5. The molecule has 0 radical (unpaired) electrons. The molecule has 0 unspecified atom stereocenters. The van der Waals surface area contributed by atoms with Crippen LogP contribution in [0.15, 0.2) is 119 Å². The van der Waals surface area contributed by atoms with E-state index in [1.165, 1.54) is 23.4 Å². The van der Waals surface area contributed by atoms with Crippen LogP contribution >= 0.6 is 11.6 Å². The molecule has 8 aromatic rings. The van der Waals surface area contributed by atoms with Crippen molar-refractivity contribution in [3.8, 4) is 67.9 Å². The van der Waals surface area contributed by atoms with E-state index >= 15 is 0 Å². The molecule has 4 aromatic heterocycles. The lowest BCUT2D eigenvalue weighted by Gasteiger charge is -2.12. The van der Waals surface area contributed by atoms with Gasteiger partial charge in [0.25, 0.3) is 11.8 Å². The van der Waals surface area contributed by atoms with Crippen molar-refractivity contribution in [3.63, 3.8) is 0 Å². The molecule has 65 heavy (non-hydrogen) atoms. The van der Waals surface area contributed by atoms with Gasteiger partial charge in [-0.3, -0.25) is 4.79 Å². The summed E-state index contributed by atoms with van der Waals surface area (Å²) in [7, 11) is 3.33. The third kappa shape index (κ3) is 11.7. The molecule has 0 aliphatic carbocycles. The van der Waals surface area contributed by atoms with Gasteiger partial charge in [0, 0.05) is 55.4 Å². The Bertz CT molecular complexity index is 2880. The van der Waals surface area contributed by atoms with Gasteiger partial charge in [0.15, 0.2) is 11.0 Å². The number of hydrogen-bond acceptors (Lipinski definition) is 12. The summed E-state index contributed by atoms with van der Waals surface area (Å²) in [6.45, 7) is 11.2. The molecule has 0 aliphatic rings. The SMILES string of the molecule is CC.COCc1cc(-c2nc(-c3cnc(Cl)c(F)c3)no2)ccc1-c1ccccc1C.COCc1cc(-c2nc(-c3cnc(NCCC(=O)O)c(C)c3)no2)ccc1-c1ccccc1C. The molecule has 0 saturated heterocycles. The average Bonchev–Trinajstić information content (AvgIpc) is 4.02. The van der Waals surface area contributed by atoms with Crippen molar-refractivity contribution >= 4 is 23.4 Å². The van der Waals surface area contributed by atoms with Gasteiger partial charge in [-0.25, -0.2) is 14.4 Å². The molecule has 0 spiro atoms. The van der Waals surface area contributed by atoms with Crippen molar-refractivity contribution in [2.24, 2.45) is 0 Å². The Labute approximate surface area is 381 Å². The molecule has 8 rings (SSSR count). The highest BCUT2D eigenvalue weighted by molar-refractivity contribution is 6.29. The maximum absolute atomic E-state index is 13.7. The molecule has 2 N–H and O–H groups in total. The quantitative estimate of drug-likeness (QED) is 0.0989. The van der Waals surface area contributed by atoms with Crippen molar-refractivity contribution in [1.82, 2.24) is 30.2 Å². The summed E-state index contributed by atoms with van der Waals surface area (Å²) in [5, 5.41) is 19.7. The Hall–Kier alpha value is -7.13. The minimum absolute atomic E-state index is 0.0186. The number of aliphatic carboxylic acids is 1. The van der Waals surface area contributed by atoms with E-state index in [9.17, 15) is 9.18 Å². The van der Waals surface area contributed by atoms with E-state index in [4.69, 9.17) is 35.2 Å². The molecule has 0 aliphatic heterocycles. The minimum Gasteiger partial charge on any atom is -0.481 e. The van der Waals surface area contributed by atoms with Crippen molar-refractivity contribution in [1.29, 1.82) is 0 Å². The molecular formula is C50H49ClFN7O6. The lowest BCUT2D eigenvalue weighted by molar-refractivity contribution is -0.136. The Morgan fingerprint density at radius 2 is 1.15 bits per heavy atom. The maximum Gasteiger partial charge on any atom is 0.305 e. The van der Waals surface area contributed by atoms with Gasteiger partial charge in [-0.05, 0) is 107 Å². The number of halogens is 2. The first-order chi connectivity index (χ1) is 31.5. The number of hydrogen-bond donors (Lipinski definition) is 2. The van der Waals surface area contributed by atoms with Crippen molar-refractivity contribution < 1.29 is 32.8 Å². The third-order valence-electron chi connectivity index (χ3n) is 10.0. The molecular weight excluding hydrogens is 849 g/mol. The number of benzene rings is 4. The maximum atomic E-state index is 13.7. The van der Waals surface area contributed by atoms with Crippen LogP contribution in [0.3, 0.4) is 0 Å². The summed E-state index contributed by atoms with van der Waals surface area (Å²) in [5.74, 6) is 0.527. The molecule has 334 valence electrons. The van der Waals surface area contributed by atoms with E-state index < -0.39 is 11.8 Å². The van der Waals surface area contributed by atoms with Crippen LogP contribution in [0.2, 0.25) is 5.15 Å². The molecule has 0 bridgehead atoms. The number of aromatic nitrogens is 6. The van der Waals surface area contributed by atoms with Crippen LogP contribution in [0.4, 0.5) is 10.2 Å². The number of aryl methyl sites for hydroxylation is 3. The van der Waals surface area contributed by atoms with Crippen LogP contribution in [0.1, 0.15) is 48.1 Å². The van der Waals surface area contributed by atoms with Gasteiger partial charge in [-0.15, -0.1) is 0 Å². The van der Waals surface area contributed by atoms with E-state index in [0.717, 1.165) is 50.1 Å². The zero-order valence-corrected chi connectivity index (χ0v) is 37.9. The number of ether oxygens (including phenoxy) is 2. The van der Waals surface area contributed by atoms with Gasteiger partial charge in [-0.2, -0.15) is 9.97 Å². The van der Waals surface area contributed by atoms with Crippen LogP contribution in [0.5, 0.6) is 0 Å². The lowest BCUT2D eigenvalue weighted by Crippen LogP contribution is -2.09. The molecule has 0 amide bonds. The first kappa shape index (κ1) is 47.4. The molecule has 13 nitrogen and oxygen atoms in total. The predicted molar refractivity (Wildman–Crippen MR) is 249 cm³/mol. The smallest absolute Gasteiger partial charge is 0.305 e. The van der Waals surface area contributed by atoms with Crippen molar-refractivity contribution in [2.45, 2.75) is 54.3 Å². The molecule has 15 heteroatoms. The Balaban J connectivity index is 0.000000210. The highest BCUT2D eigenvalue weighted by atomic mass is 35.5. The first-order valence-corrected chi connectivity index (χ1v) is 21.2. The molecule has 4 heterocycles. The standard InChI is InChI=1S/C26H26N4O4.C22H17ClFN3O2.C2H6/c1-16-6-4-5-7-21(16)22-9-8-18(13-20(22)15-33-3)26-29-25(30-34-26)19-12-17(2)24(28-14-19)27-11-10-23(31)32;1-13-5-3-4-6-17(13)18-8-7-14(9-16(18)12-28-2)22-26-21(27-29-22)15-10-19(24)20(23)25-11-15;1-2/h4-9,12-14H,10-11,15H2,1-3H3,(H,27,28)(H,31,32);3-11H,12H2,1-2H3;1-2H3. The highest BCUT2D eigenvalue weighted by Crippen LogP contribution is 2.34. The first-order valence-electron chi connectivity index (χ1n) is 20.8. The number of nitrogens with one attached hydrogen (secondary N) is 1. The summed E-state index contributed by atoms with van der Waals surface area (Å²) in [4.78, 5) is 27.8. The van der Waals surface area contributed by atoms with Gasteiger partial charge in [0.2, 0.25) is 11.6 Å². The van der Waals surface area contributed by atoms with Crippen LogP contribution in [0, 0.1) is 26.6 Å². The number of nitrogens with zero attached hydrogens (tertiary/aromatic N) is 6. The third-order valence-corrected chi connectivity index (χ3v) is 10.3. The summed E-state index contributed by atoms with van der Waals surface area (Å²) in [6, 6.07) is 31.5. The van der Waals surface area contributed by atoms with Crippen molar-refractivity contribution in [3.05, 3.63) is 148 Å². The molecule has 0 saturated carbocycles. The summed E-state index contributed by atoms with van der Waals surface area (Å²) >= 11 is 5.63. The number of carbonyl (C=O) groups is 1. The predicted octanol–water partition coefficient (Wildman–Crippen LogP) is 11.9. The van der Waals surface area contributed by atoms with E-state index in [1.807, 2.05) is 81.4 Å². The lowest BCUT2D eigenvalue weighted by atomic mass is 9.94. The van der Waals surface area contributed by atoms with Crippen LogP contribution in [0.25, 0.3) is 67.9 Å². The van der Waals surface area contributed by atoms with Gasteiger partial charge in [0.05, 0.1) is 19.6 Å². The van der Waals surface area contributed by atoms with Gasteiger partial charge >= 0.3 is 5.97 Å². The number of methoxy groups -OCH3 is 2. The molecule has 0 fully saturated rings.